The van der Waals surface area contributed by atoms with Crippen LogP contribution in [0.3, 0.4) is 0 Å². The minimum Gasteiger partial charge on any atom is -0.483 e. The van der Waals surface area contributed by atoms with Crippen LogP contribution in [-0.2, 0) is 19.7 Å². The summed E-state index contributed by atoms with van der Waals surface area (Å²) in [6, 6.07) is 6.95. The average molecular weight is 329 g/mol. The number of para-hydroxylation sites is 1. The quantitative estimate of drug-likeness (QED) is 0.899. The van der Waals surface area contributed by atoms with Crippen LogP contribution >= 0.6 is 0 Å². The van der Waals surface area contributed by atoms with E-state index in [9.17, 15) is 18.0 Å². The van der Waals surface area contributed by atoms with Crippen LogP contribution in [0.5, 0.6) is 0 Å². The molecule has 0 aromatic heterocycles. The molecule has 0 radical (unpaired) electrons. The molecule has 7 heteroatoms. The van der Waals surface area contributed by atoms with E-state index in [1.54, 1.807) is 18.2 Å². The second-order valence-electron chi connectivity index (χ2n) is 6.10. The van der Waals surface area contributed by atoms with Crippen molar-refractivity contribution in [2.24, 2.45) is 0 Å². The fourth-order valence-electron chi connectivity index (χ4n) is 2.22. The number of ether oxygens (including phenoxy) is 2. The first-order valence-corrected chi connectivity index (χ1v) is 7.08. The van der Waals surface area contributed by atoms with Crippen molar-refractivity contribution < 1.29 is 27.4 Å². The molecule has 0 atom stereocenters. The summed E-state index contributed by atoms with van der Waals surface area (Å²) >= 11 is 0. The minimum absolute atomic E-state index is 0.108. The largest absolute Gasteiger partial charge is 0.483 e. The van der Waals surface area contributed by atoms with E-state index in [0.29, 0.717) is 5.69 Å². The van der Waals surface area contributed by atoms with E-state index in [0.717, 1.165) is 5.56 Å². The zero-order chi connectivity index (χ0) is 17.3. The van der Waals surface area contributed by atoms with Gasteiger partial charge in [-0.2, -0.15) is 13.2 Å². The molecule has 0 saturated heterocycles. The van der Waals surface area contributed by atoms with Gasteiger partial charge in [-0.05, 0) is 17.0 Å². The second-order valence-corrected chi connectivity index (χ2v) is 6.10. The van der Waals surface area contributed by atoms with E-state index in [2.05, 4.69) is 10.1 Å². The molecule has 1 aromatic rings. The molecule has 1 aliphatic rings. The number of benzene rings is 1. The van der Waals surface area contributed by atoms with Crippen LogP contribution in [0.2, 0.25) is 0 Å². The highest BCUT2D eigenvalue weighted by Gasteiger charge is 2.43. The lowest BCUT2D eigenvalue weighted by Gasteiger charge is -2.25. The summed E-state index contributed by atoms with van der Waals surface area (Å²) in [5, 5.41) is 2.49. The van der Waals surface area contributed by atoms with Crippen LogP contribution in [0.15, 0.2) is 35.8 Å². The van der Waals surface area contributed by atoms with Gasteiger partial charge < -0.3 is 14.8 Å². The summed E-state index contributed by atoms with van der Waals surface area (Å²) in [4.78, 5) is 12.2. The molecule has 23 heavy (non-hydrogen) atoms. The molecule has 0 fully saturated rings. The minimum atomic E-state index is -4.78. The summed E-state index contributed by atoms with van der Waals surface area (Å²) in [7, 11) is 0. The van der Waals surface area contributed by atoms with E-state index >= 15 is 0 Å². The standard InChI is InChI=1S/C16H18F3NO3/c1-15(2,3)10-6-4-5-7-11(10)20-14(21)12-13(16(17,18)19)23-9-8-22-12/h4-7H,8-9H2,1-3H3,(H,20,21). The Bertz CT molecular complexity index is 630. The molecular weight excluding hydrogens is 311 g/mol. The third kappa shape index (κ3) is 3.97. The van der Waals surface area contributed by atoms with Crippen molar-refractivity contribution in [3.63, 3.8) is 0 Å². The molecule has 1 heterocycles. The van der Waals surface area contributed by atoms with Crippen molar-refractivity contribution in [3.8, 4) is 0 Å². The predicted molar refractivity (Wildman–Crippen MR) is 78.8 cm³/mol. The number of halogens is 3. The smallest absolute Gasteiger partial charge is 0.453 e. The van der Waals surface area contributed by atoms with Crippen LogP contribution in [0.25, 0.3) is 0 Å². The van der Waals surface area contributed by atoms with Crippen molar-refractivity contribution in [1.29, 1.82) is 0 Å². The lowest BCUT2D eigenvalue weighted by molar-refractivity contribution is -0.151. The Balaban J connectivity index is 2.34. The van der Waals surface area contributed by atoms with Gasteiger partial charge in [-0.15, -0.1) is 0 Å². The monoisotopic (exact) mass is 329 g/mol. The van der Waals surface area contributed by atoms with Crippen LogP contribution in [0, 0.1) is 0 Å². The van der Waals surface area contributed by atoms with E-state index in [1.807, 2.05) is 26.8 Å². The van der Waals surface area contributed by atoms with Crippen LogP contribution < -0.4 is 5.32 Å². The van der Waals surface area contributed by atoms with Gasteiger partial charge in [-0.3, -0.25) is 4.79 Å². The van der Waals surface area contributed by atoms with E-state index in [-0.39, 0.29) is 18.6 Å². The van der Waals surface area contributed by atoms with Gasteiger partial charge in [0.25, 0.3) is 5.91 Å². The summed E-state index contributed by atoms with van der Waals surface area (Å²) in [6.45, 7) is 5.48. The van der Waals surface area contributed by atoms with Crippen molar-refractivity contribution in [1.82, 2.24) is 0 Å². The highest BCUT2D eigenvalue weighted by Crippen LogP contribution is 2.33. The van der Waals surface area contributed by atoms with Crippen molar-refractivity contribution in [2.75, 3.05) is 18.5 Å². The topological polar surface area (TPSA) is 47.6 Å². The Hall–Kier alpha value is -2.18. The zero-order valence-corrected chi connectivity index (χ0v) is 13.1. The van der Waals surface area contributed by atoms with Crippen LogP contribution in [0.1, 0.15) is 26.3 Å². The molecule has 126 valence electrons. The van der Waals surface area contributed by atoms with E-state index < -0.39 is 23.6 Å². The Morgan fingerprint density at radius 3 is 2.30 bits per heavy atom. The van der Waals surface area contributed by atoms with Gasteiger partial charge in [0.15, 0.2) is 0 Å². The van der Waals surface area contributed by atoms with Crippen molar-refractivity contribution in [2.45, 2.75) is 32.4 Å². The highest BCUT2D eigenvalue weighted by atomic mass is 19.4. The third-order valence-electron chi connectivity index (χ3n) is 3.23. The Labute approximate surface area is 132 Å². The molecule has 4 nitrogen and oxygen atoms in total. The Morgan fingerprint density at radius 2 is 1.70 bits per heavy atom. The summed E-state index contributed by atoms with van der Waals surface area (Å²) in [6.07, 6.45) is -4.78. The first kappa shape index (κ1) is 17.2. The highest BCUT2D eigenvalue weighted by molar-refractivity contribution is 6.03. The number of rotatable bonds is 2. The molecule has 0 bridgehead atoms. The lowest BCUT2D eigenvalue weighted by atomic mass is 9.86. The Morgan fingerprint density at radius 1 is 1.09 bits per heavy atom. The fraction of sp³-hybridized carbons (Fsp3) is 0.438. The average Bonchev–Trinajstić information content (AvgIpc) is 2.46. The van der Waals surface area contributed by atoms with Gasteiger partial charge in [0.2, 0.25) is 11.5 Å². The lowest BCUT2D eigenvalue weighted by Crippen LogP contribution is -2.31. The summed E-state index contributed by atoms with van der Waals surface area (Å²) in [5.41, 5.74) is 0.960. The number of carbonyl (C=O) groups is 1. The number of carbonyl (C=O) groups excluding carboxylic acids is 1. The molecule has 2 rings (SSSR count). The molecular formula is C16H18F3NO3. The predicted octanol–water partition coefficient (Wildman–Crippen LogP) is 3.74. The molecule has 0 unspecified atom stereocenters. The normalized spacial score (nSPS) is 15.7. The van der Waals surface area contributed by atoms with Gasteiger partial charge in [0, 0.05) is 5.69 Å². The molecule has 0 spiro atoms. The van der Waals surface area contributed by atoms with Gasteiger partial charge in [-0.25, -0.2) is 0 Å². The summed E-state index contributed by atoms with van der Waals surface area (Å²) < 4.78 is 48.2. The first-order valence-electron chi connectivity index (χ1n) is 7.08. The molecule has 0 saturated carbocycles. The van der Waals surface area contributed by atoms with Gasteiger partial charge in [0.1, 0.15) is 13.2 Å². The maximum absolute atomic E-state index is 12.9. The third-order valence-corrected chi connectivity index (χ3v) is 3.23. The number of alkyl halides is 3. The van der Waals surface area contributed by atoms with Gasteiger partial charge in [0.05, 0.1) is 0 Å². The van der Waals surface area contributed by atoms with E-state index in [4.69, 9.17) is 4.74 Å². The maximum atomic E-state index is 12.9. The Kier molecular flexibility index (Phi) is 4.58. The number of nitrogens with one attached hydrogen (secondary N) is 1. The fourth-order valence-corrected chi connectivity index (χ4v) is 2.22. The second kappa shape index (κ2) is 6.14. The van der Waals surface area contributed by atoms with Crippen molar-refractivity contribution in [3.05, 3.63) is 41.3 Å². The number of anilines is 1. The summed E-state index contributed by atoms with van der Waals surface area (Å²) in [5.74, 6) is -3.21. The zero-order valence-electron chi connectivity index (χ0n) is 13.1. The maximum Gasteiger partial charge on any atom is 0.453 e. The SMILES string of the molecule is CC(C)(C)c1ccccc1NC(=O)C1=C(C(F)(F)F)OCCO1. The molecule has 1 N–H and O–H groups in total. The van der Waals surface area contributed by atoms with Crippen LogP contribution in [0.4, 0.5) is 18.9 Å². The number of amides is 1. The van der Waals surface area contributed by atoms with Crippen molar-refractivity contribution >= 4 is 11.6 Å². The van der Waals surface area contributed by atoms with E-state index in [1.165, 1.54) is 0 Å². The first-order chi connectivity index (χ1) is 10.6. The number of allylic oxidation sites excluding steroid dienone is 1. The van der Waals surface area contributed by atoms with Gasteiger partial charge >= 0.3 is 6.18 Å². The molecule has 0 aliphatic carbocycles. The number of hydrogen-bond donors (Lipinski definition) is 1. The van der Waals surface area contributed by atoms with Gasteiger partial charge in [-0.1, -0.05) is 39.0 Å². The molecule has 1 aromatic carbocycles. The number of hydrogen-bond acceptors (Lipinski definition) is 3. The molecule has 1 amide bonds. The van der Waals surface area contributed by atoms with Crippen LogP contribution in [-0.4, -0.2) is 25.3 Å². The molecule has 1 aliphatic heterocycles.